The monoisotopic (exact) mass is 319 g/mol. The first kappa shape index (κ1) is 14.1. The van der Waals surface area contributed by atoms with Crippen molar-refractivity contribution < 1.29 is 0 Å². The van der Waals surface area contributed by atoms with Crippen molar-refractivity contribution in [3.8, 4) is 0 Å². The van der Waals surface area contributed by atoms with Crippen LogP contribution in [0.25, 0.3) is 32.3 Å². The molecule has 0 bridgehead atoms. The summed E-state index contributed by atoms with van der Waals surface area (Å²) in [6, 6.07) is 34.3. The Morgan fingerprint density at radius 1 is 0.360 bits per heavy atom. The zero-order chi connectivity index (χ0) is 16.6. The van der Waals surface area contributed by atoms with Crippen LogP contribution in [0.5, 0.6) is 0 Å². The van der Waals surface area contributed by atoms with Gasteiger partial charge in [-0.2, -0.15) is 0 Å². The van der Waals surface area contributed by atoms with Crippen molar-refractivity contribution in [2.75, 3.05) is 5.32 Å². The summed E-state index contributed by atoms with van der Waals surface area (Å²) < 4.78 is 0. The molecular weight excluding hydrogens is 302 g/mol. The van der Waals surface area contributed by atoms with E-state index in [4.69, 9.17) is 0 Å². The first-order valence-corrected chi connectivity index (χ1v) is 8.55. The van der Waals surface area contributed by atoms with Crippen LogP contribution in [0.15, 0.2) is 97.1 Å². The minimum atomic E-state index is 1.10. The van der Waals surface area contributed by atoms with E-state index >= 15 is 0 Å². The predicted octanol–water partition coefficient (Wildman–Crippen LogP) is 6.89. The molecule has 0 saturated heterocycles. The summed E-state index contributed by atoms with van der Waals surface area (Å²) >= 11 is 0. The van der Waals surface area contributed by atoms with Crippen LogP contribution >= 0.6 is 0 Å². The van der Waals surface area contributed by atoms with E-state index in [0.29, 0.717) is 0 Å². The van der Waals surface area contributed by atoms with E-state index in [1.54, 1.807) is 0 Å². The van der Waals surface area contributed by atoms with Gasteiger partial charge in [-0.15, -0.1) is 0 Å². The van der Waals surface area contributed by atoms with E-state index in [0.717, 1.165) is 11.4 Å². The second-order valence-corrected chi connectivity index (χ2v) is 6.34. The molecule has 0 aromatic heterocycles. The second-order valence-electron chi connectivity index (χ2n) is 6.34. The van der Waals surface area contributed by atoms with Gasteiger partial charge in [-0.1, -0.05) is 72.8 Å². The molecule has 0 saturated carbocycles. The molecule has 0 fully saturated rings. The van der Waals surface area contributed by atoms with Gasteiger partial charge in [0, 0.05) is 11.4 Å². The first-order chi connectivity index (χ1) is 12.4. The first-order valence-electron chi connectivity index (χ1n) is 8.55. The van der Waals surface area contributed by atoms with Gasteiger partial charge in [-0.3, -0.25) is 0 Å². The molecule has 0 atom stereocenters. The van der Waals surface area contributed by atoms with Crippen molar-refractivity contribution in [1.29, 1.82) is 0 Å². The van der Waals surface area contributed by atoms with E-state index in [9.17, 15) is 0 Å². The van der Waals surface area contributed by atoms with Crippen molar-refractivity contribution >= 4 is 43.7 Å². The summed E-state index contributed by atoms with van der Waals surface area (Å²) in [7, 11) is 0. The fraction of sp³-hybridized carbons (Fsp3) is 0. The van der Waals surface area contributed by atoms with Gasteiger partial charge in [0.25, 0.3) is 0 Å². The SMILES string of the molecule is c1ccc(Nc2ccc3c4ccccc4c4ccccc4c3c2)cc1. The third-order valence-corrected chi connectivity index (χ3v) is 4.81. The molecule has 0 radical (unpaired) electrons. The van der Waals surface area contributed by atoms with Gasteiger partial charge in [-0.25, -0.2) is 0 Å². The van der Waals surface area contributed by atoms with E-state index in [-0.39, 0.29) is 0 Å². The lowest BCUT2D eigenvalue weighted by molar-refractivity contribution is 1.57. The molecule has 1 heteroatoms. The average Bonchev–Trinajstić information content (AvgIpc) is 2.69. The molecule has 0 amide bonds. The van der Waals surface area contributed by atoms with E-state index in [1.807, 2.05) is 18.2 Å². The Bertz CT molecular complexity index is 1170. The molecule has 0 unspecified atom stereocenters. The van der Waals surface area contributed by atoms with Crippen LogP contribution in [0.3, 0.4) is 0 Å². The van der Waals surface area contributed by atoms with Crippen LogP contribution in [-0.4, -0.2) is 0 Å². The highest BCUT2D eigenvalue weighted by atomic mass is 14.9. The van der Waals surface area contributed by atoms with Crippen molar-refractivity contribution in [3.63, 3.8) is 0 Å². The van der Waals surface area contributed by atoms with Crippen molar-refractivity contribution in [2.24, 2.45) is 0 Å². The van der Waals surface area contributed by atoms with E-state index in [1.165, 1.54) is 32.3 Å². The number of hydrogen-bond acceptors (Lipinski definition) is 1. The minimum Gasteiger partial charge on any atom is -0.356 e. The van der Waals surface area contributed by atoms with Crippen LogP contribution in [-0.2, 0) is 0 Å². The zero-order valence-electron chi connectivity index (χ0n) is 13.7. The third-order valence-electron chi connectivity index (χ3n) is 4.81. The molecule has 118 valence electrons. The largest absolute Gasteiger partial charge is 0.356 e. The summed E-state index contributed by atoms with van der Waals surface area (Å²) in [6.45, 7) is 0. The Kier molecular flexibility index (Phi) is 3.17. The number of benzene rings is 5. The Morgan fingerprint density at radius 2 is 0.840 bits per heavy atom. The maximum Gasteiger partial charge on any atom is 0.0390 e. The van der Waals surface area contributed by atoms with Crippen LogP contribution in [0, 0.1) is 0 Å². The maximum absolute atomic E-state index is 3.51. The summed E-state index contributed by atoms with van der Waals surface area (Å²) in [5.74, 6) is 0. The van der Waals surface area contributed by atoms with Gasteiger partial charge in [0.05, 0.1) is 0 Å². The molecule has 0 aliphatic rings. The van der Waals surface area contributed by atoms with Crippen LogP contribution in [0.4, 0.5) is 11.4 Å². The van der Waals surface area contributed by atoms with Crippen molar-refractivity contribution in [2.45, 2.75) is 0 Å². The molecule has 1 N–H and O–H groups in total. The number of rotatable bonds is 2. The van der Waals surface area contributed by atoms with Crippen LogP contribution in [0.2, 0.25) is 0 Å². The number of anilines is 2. The number of hydrogen-bond donors (Lipinski definition) is 1. The highest BCUT2D eigenvalue weighted by Gasteiger charge is 2.08. The maximum atomic E-state index is 3.51. The minimum absolute atomic E-state index is 1.10. The van der Waals surface area contributed by atoms with Crippen LogP contribution in [0.1, 0.15) is 0 Å². The van der Waals surface area contributed by atoms with Crippen molar-refractivity contribution in [3.05, 3.63) is 97.1 Å². The predicted molar refractivity (Wildman–Crippen MR) is 109 cm³/mol. The smallest absolute Gasteiger partial charge is 0.0390 e. The highest BCUT2D eigenvalue weighted by molar-refractivity contribution is 6.25. The van der Waals surface area contributed by atoms with Gasteiger partial charge < -0.3 is 5.32 Å². The van der Waals surface area contributed by atoms with Gasteiger partial charge in [0.1, 0.15) is 0 Å². The van der Waals surface area contributed by atoms with E-state index in [2.05, 4.69) is 84.2 Å². The van der Waals surface area contributed by atoms with Gasteiger partial charge >= 0.3 is 0 Å². The van der Waals surface area contributed by atoms with Crippen molar-refractivity contribution in [1.82, 2.24) is 0 Å². The lowest BCUT2D eigenvalue weighted by Crippen LogP contribution is -1.90. The number of fused-ring (bicyclic) bond motifs is 6. The Labute approximate surface area is 146 Å². The highest BCUT2D eigenvalue weighted by Crippen LogP contribution is 2.36. The Morgan fingerprint density at radius 3 is 1.44 bits per heavy atom. The zero-order valence-corrected chi connectivity index (χ0v) is 13.7. The summed E-state index contributed by atoms with van der Waals surface area (Å²) in [4.78, 5) is 0. The molecule has 1 nitrogen and oxygen atoms in total. The van der Waals surface area contributed by atoms with Gasteiger partial charge in [0.15, 0.2) is 0 Å². The summed E-state index contributed by atoms with van der Waals surface area (Å²) in [6.07, 6.45) is 0. The third kappa shape index (κ3) is 2.33. The normalized spacial score (nSPS) is 11.2. The second kappa shape index (κ2) is 5.64. The molecule has 0 spiro atoms. The number of nitrogens with one attached hydrogen (secondary N) is 1. The Hall–Kier alpha value is -3.32. The fourth-order valence-corrected chi connectivity index (χ4v) is 3.67. The summed E-state index contributed by atoms with van der Waals surface area (Å²) in [5.41, 5.74) is 2.21. The molecule has 25 heavy (non-hydrogen) atoms. The molecule has 5 rings (SSSR count). The molecule has 0 heterocycles. The Balaban J connectivity index is 1.81. The topological polar surface area (TPSA) is 12.0 Å². The quantitative estimate of drug-likeness (QED) is 0.349. The van der Waals surface area contributed by atoms with Gasteiger partial charge in [0.2, 0.25) is 0 Å². The molecule has 0 aliphatic carbocycles. The lowest BCUT2D eigenvalue weighted by Gasteiger charge is -2.12. The molecule has 5 aromatic carbocycles. The summed E-state index contributed by atoms with van der Waals surface area (Å²) in [5, 5.41) is 11.3. The standard InChI is InChI=1S/C24H17N/c1-2-8-17(9-3-1)25-18-14-15-23-21-12-5-4-10-19(21)20-11-6-7-13-22(20)24(23)16-18/h1-16,25H. The average molecular weight is 319 g/mol. The van der Waals surface area contributed by atoms with Gasteiger partial charge in [-0.05, 0) is 56.6 Å². The molecule has 0 aliphatic heterocycles. The fourth-order valence-electron chi connectivity index (χ4n) is 3.67. The van der Waals surface area contributed by atoms with Crippen LogP contribution < -0.4 is 5.32 Å². The lowest BCUT2D eigenvalue weighted by atomic mass is 9.94. The molecule has 5 aromatic rings. The number of para-hydroxylation sites is 1. The molecular formula is C24H17N. The van der Waals surface area contributed by atoms with E-state index < -0.39 is 0 Å².